The van der Waals surface area contributed by atoms with Gasteiger partial charge < -0.3 is 5.32 Å². The first-order valence-electron chi connectivity index (χ1n) is 6.25. The second kappa shape index (κ2) is 6.26. The number of nitrogens with one attached hydrogen (secondary N) is 2. The Kier molecular flexibility index (Phi) is 4.68. The van der Waals surface area contributed by atoms with Crippen molar-refractivity contribution in [2.45, 2.75) is 25.3 Å². The zero-order chi connectivity index (χ0) is 12.8. The van der Waals surface area contributed by atoms with Crippen LogP contribution < -0.4 is 10.0 Å². The van der Waals surface area contributed by atoms with Crippen molar-refractivity contribution in [2.75, 3.05) is 18.8 Å². The summed E-state index contributed by atoms with van der Waals surface area (Å²) >= 11 is 0. The van der Waals surface area contributed by atoms with Gasteiger partial charge in [0.1, 0.15) is 0 Å². The SMILES string of the molecule is O=S(=O)(CCc1ccncc1)N[C@@H]1CCCNC1. The van der Waals surface area contributed by atoms with Gasteiger partial charge in [0.15, 0.2) is 0 Å². The summed E-state index contributed by atoms with van der Waals surface area (Å²) in [6.45, 7) is 1.71. The van der Waals surface area contributed by atoms with E-state index in [0.717, 1.165) is 31.5 Å². The molecule has 0 bridgehead atoms. The first-order valence-corrected chi connectivity index (χ1v) is 7.90. The molecule has 0 saturated carbocycles. The number of nitrogens with zero attached hydrogens (tertiary/aromatic N) is 1. The van der Waals surface area contributed by atoms with Crippen molar-refractivity contribution in [1.29, 1.82) is 0 Å². The van der Waals surface area contributed by atoms with E-state index in [0.29, 0.717) is 6.42 Å². The van der Waals surface area contributed by atoms with E-state index in [1.54, 1.807) is 12.4 Å². The highest BCUT2D eigenvalue weighted by atomic mass is 32.2. The predicted molar refractivity (Wildman–Crippen MR) is 70.8 cm³/mol. The van der Waals surface area contributed by atoms with Crippen LogP contribution in [0, 0.1) is 0 Å². The zero-order valence-electron chi connectivity index (χ0n) is 10.3. The van der Waals surface area contributed by atoms with Gasteiger partial charge in [-0.3, -0.25) is 4.98 Å². The van der Waals surface area contributed by atoms with Crippen molar-refractivity contribution in [3.8, 4) is 0 Å². The molecule has 1 saturated heterocycles. The minimum atomic E-state index is -3.19. The maximum atomic E-state index is 11.9. The second-order valence-electron chi connectivity index (χ2n) is 4.59. The lowest BCUT2D eigenvalue weighted by Gasteiger charge is -2.23. The highest BCUT2D eigenvalue weighted by molar-refractivity contribution is 7.89. The van der Waals surface area contributed by atoms with Crippen molar-refractivity contribution in [2.24, 2.45) is 0 Å². The molecule has 1 fully saturated rings. The monoisotopic (exact) mass is 269 g/mol. The minimum absolute atomic E-state index is 0.0428. The molecule has 0 amide bonds. The number of pyridine rings is 1. The van der Waals surface area contributed by atoms with E-state index in [4.69, 9.17) is 0 Å². The average Bonchev–Trinajstić information content (AvgIpc) is 2.38. The van der Waals surface area contributed by atoms with Gasteiger partial charge in [0.25, 0.3) is 0 Å². The Bertz CT molecular complexity index is 455. The van der Waals surface area contributed by atoms with Crippen LogP contribution in [0.2, 0.25) is 0 Å². The molecule has 1 aromatic heterocycles. The standard InChI is InChI=1S/C12H19N3O2S/c16-18(17,15-12-2-1-6-14-10-12)9-5-11-3-7-13-8-4-11/h3-4,7-8,12,14-15H,1-2,5-6,9-10H2/t12-/m1/s1. The van der Waals surface area contributed by atoms with E-state index in [2.05, 4.69) is 15.0 Å². The fourth-order valence-electron chi connectivity index (χ4n) is 2.07. The number of aromatic nitrogens is 1. The summed E-state index contributed by atoms with van der Waals surface area (Å²) in [7, 11) is -3.19. The molecule has 2 rings (SSSR count). The molecule has 0 aromatic carbocycles. The molecular weight excluding hydrogens is 250 g/mol. The van der Waals surface area contributed by atoms with Gasteiger partial charge in [0.05, 0.1) is 5.75 Å². The van der Waals surface area contributed by atoms with Crippen LogP contribution >= 0.6 is 0 Å². The lowest BCUT2D eigenvalue weighted by molar-refractivity contribution is 0.428. The Morgan fingerprint density at radius 3 is 2.83 bits per heavy atom. The van der Waals surface area contributed by atoms with Gasteiger partial charge in [-0.05, 0) is 43.5 Å². The zero-order valence-corrected chi connectivity index (χ0v) is 11.1. The Balaban J connectivity index is 1.83. The van der Waals surface area contributed by atoms with E-state index in [1.165, 1.54) is 0 Å². The first-order chi connectivity index (χ1) is 8.66. The smallest absolute Gasteiger partial charge is 0.212 e. The van der Waals surface area contributed by atoms with Crippen LogP contribution in [0.3, 0.4) is 0 Å². The number of rotatable bonds is 5. The van der Waals surface area contributed by atoms with Crippen LogP contribution in [0.15, 0.2) is 24.5 Å². The van der Waals surface area contributed by atoms with Crippen LogP contribution in [0.1, 0.15) is 18.4 Å². The highest BCUT2D eigenvalue weighted by Crippen LogP contribution is 2.05. The third-order valence-corrected chi connectivity index (χ3v) is 4.49. The molecule has 0 spiro atoms. The fourth-order valence-corrected chi connectivity index (χ4v) is 3.40. The average molecular weight is 269 g/mol. The van der Waals surface area contributed by atoms with Gasteiger partial charge in [-0.2, -0.15) is 0 Å². The molecule has 2 N–H and O–H groups in total. The summed E-state index contributed by atoms with van der Waals surface area (Å²) in [5.74, 6) is 0.132. The molecule has 5 nitrogen and oxygen atoms in total. The quantitative estimate of drug-likeness (QED) is 0.806. The number of hydrogen-bond acceptors (Lipinski definition) is 4. The largest absolute Gasteiger partial charge is 0.315 e. The summed E-state index contributed by atoms with van der Waals surface area (Å²) in [5.41, 5.74) is 0.997. The van der Waals surface area contributed by atoms with E-state index in [9.17, 15) is 8.42 Å². The van der Waals surface area contributed by atoms with Crippen LogP contribution in [0.25, 0.3) is 0 Å². The van der Waals surface area contributed by atoms with Gasteiger partial charge in [0, 0.05) is 25.0 Å². The van der Waals surface area contributed by atoms with Crippen LogP contribution in [-0.2, 0) is 16.4 Å². The first kappa shape index (κ1) is 13.5. The van der Waals surface area contributed by atoms with Crippen molar-refractivity contribution in [3.63, 3.8) is 0 Å². The molecule has 0 aliphatic carbocycles. The van der Waals surface area contributed by atoms with E-state index in [-0.39, 0.29) is 11.8 Å². The van der Waals surface area contributed by atoms with Crippen LogP contribution in [0.5, 0.6) is 0 Å². The van der Waals surface area contributed by atoms with E-state index < -0.39 is 10.0 Å². The molecule has 1 atom stereocenters. The Morgan fingerprint density at radius 1 is 1.39 bits per heavy atom. The Morgan fingerprint density at radius 2 is 2.17 bits per heavy atom. The van der Waals surface area contributed by atoms with Gasteiger partial charge in [-0.15, -0.1) is 0 Å². The highest BCUT2D eigenvalue weighted by Gasteiger charge is 2.19. The molecule has 1 aliphatic rings. The third-order valence-electron chi connectivity index (χ3n) is 3.05. The summed E-state index contributed by atoms with van der Waals surface area (Å²) in [4.78, 5) is 3.91. The van der Waals surface area contributed by atoms with Crippen LogP contribution in [0.4, 0.5) is 0 Å². The van der Waals surface area contributed by atoms with Gasteiger partial charge in [-0.25, -0.2) is 13.1 Å². The molecule has 1 aromatic rings. The molecule has 100 valence electrons. The van der Waals surface area contributed by atoms with Crippen molar-refractivity contribution >= 4 is 10.0 Å². The van der Waals surface area contributed by atoms with Crippen LogP contribution in [-0.4, -0.2) is 38.3 Å². The fraction of sp³-hybridized carbons (Fsp3) is 0.583. The molecule has 2 heterocycles. The normalized spacial score (nSPS) is 20.8. The van der Waals surface area contributed by atoms with Crippen molar-refractivity contribution in [1.82, 2.24) is 15.0 Å². The van der Waals surface area contributed by atoms with Gasteiger partial charge in [-0.1, -0.05) is 0 Å². The van der Waals surface area contributed by atoms with E-state index in [1.807, 2.05) is 12.1 Å². The number of piperidine rings is 1. The summed E-state index contributed by atoms with van der Waals surface area (Å²) in [6.07, 6.45) is 5.83. The topological polar surface area (TPSA) is 71.1 Å². The molecule has 1 aliphatic heterocycles. The third kappa shape index (κ3) is 4.36. The molecule has 0 radical (unpaired) electrons. The maximum Gasteiger partial charge on any atom is 0.212 e. The van der Waals surface area contributed by atoms with Crippen molar-refractivity contribution in [3.05, 3.63) is 30.1 Å². The second-order valence-corrected chi connectivity index (χ2v) is 6.46. The number of sulfonamides is 1. The molecule has 18 heavy (non-hydrogen) atoms. The summed E-state index contributed by atoms with van der Waals surface area (Å²) in [6, 6.07) is 3.73. The predicted octanol–water partition coefficient (Wildman–Crippen LogP) is 0.295. The molecule has 6 heteroatoms. The lowest BCUT2D eigenvalue weighted by atomic mass is 10.1. The summed E-state index contributed by atoms with van der Waals surface area (Å²) in [5, 5.41) is 3.20. The lowest BCUT2D eigenvalue weighted by Crippen LogP contribution is -2.46. The molecule has 0 unspecified atom stereocenters. The van der Waals surface area contributed by atoms with Gasteiger partial charge in [0.2, 0.25) is 10.0 Å². The molecular formula is C12H19N3O2S. The minimum Gasteiger partial charge on any atom is -0.315 e. The Labute approximate surface area is 108 Å². The van der Waals surface area contributed by atoms with Crippen molar-refractivity contribution < 1.29 is 8.42 Å². The number of hydrogen-bond donors (Lipinski definition) is 2. The number of aryl methyl sites for hydroxylation is 1. The van der Waals surface area contributed by atoms with Gasteiger partial charge >= 0.3 is 0 Å². The summed E-state index contributed by atoms with van der Waals surface area (Å²) < 4.78 is 26.6. The Hall–Kier alpha value is -0.980. The van der Waals surface area contributed by atoms with E-state index >= 15 is 0 Å². The maximum absolute atomic E-state index is 11.9.